The summed E-state index contributed by atoms with van der Waals surface area (Å²) < 4.78 is 4.58. The van der Waals surface area contributed by atoms with Gasteiger partial charge in [0.15, 0.2) is 0 Å². The zero-order valence-electron chi connectivity index (χ0n) is 44.1. The molecule has 6 nitrogen and oxygen atoms in total. The third kappa shape index (κ3) is 7.59. The maximum absolute atomic E-state index is 15.5. The van der Waals surface area contributed by atoms with E-state index in [1.807, 2.05) is 66.7 Å². The molecule has 1 aliphatic rings. The number of nitrogens with zero attached hydrogens (tertiary/aromatic N) is 4. The lowest BCUT2D eigenvalue weighted by Crippen LogP contribution is -2.30. The van der Waals surface area contributed by atoms with E-state index in [4.69, 9.17) is 0 Å². The largest absolute Gasteiger partial charge is 0.308 e. The Bertz CT molecular complexity index is 3850. The van der Waals surface area contributed by atoms with Crippen molar-refractivity contribution in [2.75, 3.05) is 4.90 Å². The minimum Gasteiger partial charge on any atom is -0.308 e. The molecule has 0 spiro atoms. The highest BCUT2D eigenvalue weighted by molar-refractivity contribution is 6.37. The van der Waals surface area contributed by atoms with Crippen molar-refractivity contribution < 1.29 is 9.59 Å². The molecule has 0 N–H and O–H groups in total. The van der Waals surface area contributed by atoms with Gasteiger partial charge in [0.05, 0.1) is 50.3 Å². The first-order chi connectivity index (χ1) is 34.6. The minimum absolute atomic E-state index is 0.148. The first kappa shape index (κ1) is 47.3. The molecule has 0 aliphatic carbocycles. The average molecular weight is 955 g/mol. The fourth-order valence-electron chi connectivity index (χ4n) is 11.0. The van der Waals surface area contributed by atoms with Crippen LogP contribution < -0.4 is 4.90 Å². The molecule has 0 bridgehead atoms. The number of nitriles is 1. The Kier molecular flexibility index (Phi) is 10.7. The van der Waals surface area contributed by atoms with Crippen molar-refractivity contribution in [2.45, 2.75) is 105 Å². The highest BCUT2D eigenvalue weighted by Gasteiger charge is 2.41. The van der Waals surface area contributed by atoms with Crippen LogP contribution in [-0.2, 0) is 21.7 Å². The molecular weight excluding hydrogens is 893 g/mol. The van der Waals surface area contributed by atoms with Crippen molar-refractivity contribution in [1.29, 1.82) is 5.26 Å². The zero-order chi connectivity index (χ0) is 51.7. The number of para-hydroxylation sites is 1. The molecule has 0 saturated carbocycles. The Balaban J connectivity index is 1.29. The lowest BCUT2D eigenvalue weighted by atomic mass is 9.86. The molecular formula is C67H62N4O2. The second-order valence-corrected chi connectivity index (χ2v) is 24.1. The molecule has 73 heavy (non-hydrogen) atoms. The zero-order valence-corrected chi connectivity index (χ0v) is 44.1. The summed E-state index contributed by atoms with van der Waals surface area (Å²) in [4.78, 5) is 31.7. The lowest BCUT2D eigenvalue weighted by Gasteiger charge is -2.24. The van der Waals surface area contributed by atoms with Crippen LogP contribution in [0.3, 0.4) is 0 Å². The number of hydrogen-bond donors (Lipinski definition) is 0. The van der Waals surface area contributed by atoms with Crippen LogP contribution in [0.15, 0.2) is 158 Å². The van der Waals surface area contributed by atoms with Gasteiger partial charge in [0.2, 0.25) is 0 Å². The van der Waals surface area contributed by atoms with Gasteiger partial charge in [-0.1, -0.05) is 198 Å². The normalized spacial score (nSPS) is 13.5. The molecule has 1 aliphatic heterocycles. The number of anilines is 1. The van der Waals surface area contributed by atoms with Crippen molar-refractivity contribution in [2.24, 2.45) is 0 Å². The predicted molar refractivity (Wildman–Crippen MR) is 303 cm³/mol. The van der Waals surface area contributed by atoms with E-state index >= 15 is 4.79 Å². The van der Waals surface area contributed by atoms with E-state index in [0.717, 1.165) is 71.6 Å². The van der Waals surface area contributed by atoms with Crippen LogP contribution in [0.4, 0.5) is 5.69 Å². The highest BCUT2D eigenvalue weighted by Crippen LogP contribution is 2.47. The molecule has 10 aromatic rings. The summed E-state index contributed by atoms with van der Waals surface area (Å²) in [7, 11) is 0. The summed E-state index contributed by atoms with van der Waals surface area (Å²) in [5, 5.41) is 16.5. The number of hydrogen-bond acceptors (Lipinski definition) is 3. The van der Waals surface area contributed by atoms with Crippen LogP contribution in [0.5, 0.6) is 0 Å². The number of carbonyl (C=O) groups excluding carboxylic acids is 2. The van der Waals surface area contributed by atoms with Crippen molar-refractivity contribution in [3.8, 4) is 39.7 Å². The Morgan fingerprint density at radius 3 is 1.27 bits per heavy atom. The first-order valence-corrected chi connectivity index (χ1v) is 25.5. The van der Waals surface area contributed by atoms with Gasteiger partial charge in [-0.25, -0.2) is 4.90 Å². The SMILES string of the molecule is CC(C)(C)c1ccc2c3ccc(C(C)(C)C)cc3n(-c3ccc(-c4cccc5c4C(=O)N(c4ccccc4-c4ccccc4)C5=O)c(-n4c5cc(C(C)(C)C)ccc5c5ccc(C(C)(C)C)cc54)c3C#N)c2c1. The summed E-state index contributed by atoms with van der Waals surface area (Å²) >= 11 is 0. The number of carbonyl (C=O) groups is 2. The summed E-state index contributed by atoms with van der Waals surface area (Å²) in [6.07, 6.45) is 0. The predicted octanol–water partition coefficient (Wildman–Crippen LogP) is 17.1. The topological polar surface area (TPSA) is 71.0 Å². The fourth-order valence-corrected chi connectivity index (χ4v) is 11.0. The number of fused-ring (bicyclic) bond motifs is 7. The number of imide groups is 1. The van der Waals surface area contributed by atoms with E-state index in [1.54, 1.807) is 6.07 Å². The number of benzene rings is 8. The van der Waals surface area contributed by atoms with Crippen molar-refractivity contribution in [3.63, 3.8) is 0 Å². The first-order valence-electron chi connectivity index (χ1n) is 25.5. The Hall–Kier alpha value is -8.01. The van der Waals surface area contributed by atoms with E-state index in [0.29, 0.717) is 39.2 Å². The highest BCUT2D eigenvalue weighted by atomic mass is 16.2. The van der Waals surface area contributed by atoms with Gasteiger partial charge in [0, 0.05) is 32.7 Å². The smallest absolute Gasteiger partial charge is 0.266 e. The van der Waals surface area contributed by atoms with Crippen LogP contribution in [-0.4, -0.2) is 20.9 Å². The minimum atomic E-state index is -0.411. The average Bonchev–Trinajstić information content (AvgIpc) is 3.95. The van der Waals surface area contributed by atoms with E-state index in [2.05, 4.69) is 183 Å². The Labute approximate surface area is 429 Å². The molecule has 6 heteroatoms. The van der Waals surface area contributed by atoms with Gasteiger partial charge < -0.3 is 9.13 Å². The van der Waals surface area contributed by atoms with E-state index in [9.17, 15) is 10.1 Å². The quantitative estimate of drug-likeness (QED) is 0.161. The molecule has 11 rings (SSSR count). The summed E-state index contributed by atoms with van der Waals surface area (Å²) in [6.45, 7) is 26.8. The maximum atomic E-state index is 15.5. The van der Waals surface area contributed by atoms with Gasteiger partial charge in [-0.3, -0.25) is 9.59 Å². The Morgan fingerprint density at radius 1 is 0.384 bits per heavy atom. The van der Waals surface area contributed by atoms with Gasteiger partial charge in [-0.15, -0.1) is 0 Å². The van der Waals surface area contributed by atoms with Crippen LogP contribution in [0.2, 0.25) is 0 Å². The molecule has 8 aromatic carbocycles. The number of aromatic nitrogens is 2. The van der Waals surface area contributed by atoms with Crippen LogP contribution in [0.25, 0.3) is 77.2 Å². The summed E-state index contributed by atoms with van der Waals surface area (Å²) in [5.41, 5.74) is 13.8. The molecule has 3 heterocycles. The third-order valence-corrected chi connectivity index (χ3v) is 15.2. The van der Waals surface area contributed by atoms with Crippen LogP contribution in [0, 0.1) is 11.3 Å². The Morgan fingerprint density at radius 2 is 0.808 bits per heavy atom. The molecule has 0 radical (unpaired) electrons. The van der Waals surface area contributed by atoms with Gasteiger partial charge >= 0.3 is 0 Å². The summed E-state index contributed by atoms with van der Waals surface area (Å²) in [6, 6.07) is 57.0. The summed E-state index contributed by atoms with van der Waals surface area (Å²) in [5.74, 6) is -0.799. The molecule has 0 unspecified atom stereocenters. The van der Waals surface area contributed by atoms with Crippen molar-refractivity contribution in [3.05, 3.63) is 197 Å². The standard InChI is InChI=1S/C67H62N4O2/c1-64(2,3)41-25-29-46-47-30-26-42(65(4,5)6)36-57(47)69(56(46)35-41)55-34-33-51(50-22-18-23-52-60(50)63(73)71(62(52)72)54-24-17-16-21-45(54)40-19-14-13-15-20-40)61(53(55)39-68)70-58-37-43(66(7,8)9)27-31-48(58)49-32-28-44(38-59(49)70)67(10,11)12/h13-38H,1-12H3. The van der Waals surface area contributed by atoms with E-state index in [1.165, 1.54) is 16.0 Å². The van der Waals surface area contributed by atoms with Crippen LogP contribution in [0.1, 0.15) is 132 Å². The monoisotopic (exact) mass is 954 g/mol. The van der Waals surface area contributed by atoms with E-state index < -0.39 is 5.91 Å². The maximum Gasteiger partial charge on any atom is 0.266 e. The van der Waals surface area contributed by atoms with Gasteiger partial charge in [0.25, 0.3) is 11.8 Å². The molecule has 0 saturated heterocycles. The van der Waals surface area contributed by atoms with E-state index in [-0.39, 0.29) is 27.6 Å². The third-order valence-electron chi connectivity index (χ3n) is 15.2. The van der Waals surface area contributed by atoms with Crippen LogP contribution >= 0.6 is 0 Å². The molecule has 2 amide bonds. The molecule has 2 aromatic heterocycles. The van der Waals surface area contributed by atoms with Gasteiger partial charge in [-0.05, 0) is 97.5 Å². The second kappa shape index (κ2) is 16.5. The molecule has 0 atom stereocenters. The molecule has 362 valence electrons. The van der Waals surface area contributed by atoms with Crippen molar-refractivity contribution in [1.82, 2.24) is 9.13 Å². The number of amides is 2. The van der Waals surface area contributed by atoms with Crippen molar-refractivity contribution >= 4 is 61.1 Å². The lowest BCUT2D eigenvalue weighted by molar-refractivity contribution is 0.0926. The van der Waals surface area contributed by atoms with Gasteiger partial charge in [0.1, 0.15) is 11.6 Å². The van der Waals surface area contributed by atoms with Gasteiger partial charge in [-0.2, -0.15) is 5.26 Å². The number of rotatable bonds is 5. The second-order valence-electron chi connectivity index (χ2n) is 24.1. The molecule has 0 fully saturated rings. The fraction of sp³-hybridized carbons (Fsp3) is 0.239.